The summed E-state index contributed by atoms with van der Waals surface area (Å²) in [5, 5.41) is 7.18. The molecule has 0 spiro atoms. The average Bonchev–Trinajstić information content (AvgIpc) is 3.14. The van der Waals surface area contributed by atoms with Crippen LogP contribution in [-0.2, 0) is 11.8 Å². The maximum atomic E-state index is 12.1. The maximum Gasteiger partial charge on any atom is 0.247 e. The monoisotopic (exact) mass is 516 g/mol. The van der Waals surface area contributed by atoms with Crippen LogP contribution >= 0.6 is 0 Å². The molecule has 0 aliphatic rings. The van der Waals surface area contributed by atoms with Crippen LogP contribution in [0.5, 0.6) is 11.5 Å². The molecule has 4 rings (SSSR count). The van der Waals surface area contributed by atoms with E-state index in [0.29, 0.717) is 42.0 Å². The van der Waals surface area contributed by atoms with Gasteiger partial charge in [-0.05, 0) is 45.3 Å². The fraction of sp³-hybridized carbons (Fsp3) is 0.276. The molecule has 0 radical (unpaired) electrons. The normalized spacial score (nSPS) is 10.7. The van der Waals surface area contributed by atoms with Crippen LogP contribution < -0.4 is 20.1 Å². The van der Waals surface area contributed by atoms with Gasteiger partial charge in [-0.3, -0.25) is 4.79 Å². The second-order valence-corrected chi connectivity index (χ2v) is 8.82. The number of amides is 1. The number of rotatable bonds is 10. The van der Waals surface area contributed by atoms with Crippen molar-refractivity contribution in [2.45, 2.75) is 14.4 Å². The van der Waals surface area contributed by atoms with Crippen LogP contribution in [0.2, 0.25) is 0 Å². The van der Waals surface area contributed by atoms with Gasteiger partial charge in [-0.1, -0.05) is 32.2 Å². The maximum absolute atomic E-state index is 12.1. The third-order valence-electron chi connectivity index (χ3n) is 6.10. The van der Waals surface area contributed by atoms with Gasteiger partial charge in [0.1, 0.15) is 18.1 Å². The highest BCUT2D eigenvalue weighted by molar-refractivity contribution is 6.01. The highest BCUT2D eigenvalue weighted by Crippen LogP contribution is 2.38. The minimum Gasteiger partial charge on any atom is -0.494 e. The molecule has 0 aliphatic carbocycles. The number of nitrogens with zero attached hydrogens (tertiary/aromatic N) is 4. The van der Waals surface area contributed by atoms with Crippen molar-refractivity contribution >= 4 is 34.1 Å². The summed E-state index contributed by atoms with van der Waals surface area (Å²) >= 11 is 0. The van der Waals surface area contributed by atoms with Crippen LogP contribution in [0, 0.1) is 6.92 Å². The molecule has 9 nitrogen and oxygen atoms in total. The standard InChI is InChI=1S/C28H32N6O3.CH4/c1-7-26(35)30-22-16-21(24(36-6)17-25(22)37-15-14-33(3)4)32-28-29-13-12-20(31-28)27-18(2)34(5)23-11-9-8-10-19(23)27;/h7-13,16-17H,1,14-15H2,2-6H3,(H,30,35)(H,29,31,32);1H4. The summed E-state index contributed by atoms with van der Waals surface area (Å²) in [5.74, 6) is 1.05. The van der Waals surface area contributed by atoms with Crippen molar-refractivity contribution in [2.75, 3.05) is 45.0 Å². The number of likely N-dealkylation sites (N-methyl/N-ethyl adjacent to an activating group) is 1. The molecule has 200 valence electrons. The van der Waals surface area contributed by atoms with Crippen molar-refractivity contribution in [2.24, 2.45) is 7.05 Å². The van der Waals surface area contributed by atoms with E-state index in [-0.39, 0.29) is 13.3 Å². The second-order valence-electron chi connectivity index (χ2n) is 8.82. The summed E-state index contributed by atoms with van der Waals surface area (Å²) in [6.45, 7) is 6.78. The molecule has 2 aromatic heterocycles. The number of hydrogen-bond donors (Lipinski definition) is 2. The third kappa shape index (κ3) is 5.95. The molecule has 4 aromatic rings. The Bertz CT molecular complexity index is 1440. The fourth-order valence-electron chi connectivity index (χ4n) is 4.09. The van der Waals surface area contributed by atoms with E-state index in [1.165, 1.54) is 6.08 Å². The lowest BCUT2D eigenvalue weighted by Crippen LogP contribution is -2.20. The van der Waals surface area contributed by atoms with Gasteiger partial charge in [-0.15, -0.1) is 0 Å². The number of anilines is 3. The van der Waals surface area contributed by atoms with Gasteiger partial charge in [0.15, 0.2) is 0 Å². The van der Waals surface area contributed by atoms with E-state index < -0.39 is 0 Å². The molecule has 0 fully saturated rings. The van der Waals surface area contributed by atoms with E-state index in [1.54, 1.807) is 25.4 Å². The molecule has 2 heterocycles. The van der Waals surface area contributed by atoms with Crippen LogP contribution in [0.3, 0.4) is 0 Å². The summed E-state index contributed by atoms with van der Waals surface area (Å²) in [5.41, 5.74) is 5.16. The summed E-state index contributed by atoms with van der Waals surface area (Å²) in [7, 11) is 7.55. The van der Waals surface area contributed by atoms with Crippen LogP contribution in [0.1, 0.15) is 13.1 Å². The van der Waals surface area contributed by atoms with E-state index >= 15 is 0 Å². The average molecular weight is 517 g/mol. The van der Waals surface area contributed by atoms with Crippen molar-refractivity contribution < 1.29 is 14.3 Å². The number of methoxy groups -OCH3 is 1. The number of carbonyl (C=O) groups excluding carboxylic acids is 1. The Hall–Kier alpha value is -4.37. The Balaban J connectivity index is 0.00000400. The summed E-state index contributed by atoms with van der Waals surface area (Å²) < 4.78 is 13.7. The summed E-state index contributed by atoms with van der Waals surface area (Å²) in [6, 6.07) is 13.6. The van der Waals surface area contributed by atoms with Crippen molar-refractivity contribution in [1.82, 2.24) is 19.4 Å². The lowest BCUT2D eigenvalue weighted by atomic mass is 10.1. The summed E-state index contributed by atoms with van der Waals surface area (Å²) in [6.07, 6.45) is 2.93. The van der Waals surface area contributed by atoms with Gasteiger partial charge >= 0.3 is 0 Å². The molecule has 38 heavy (non-hydrogen) atoms. The van der Waals surface area contributed by atoms with Crippen LogP contribution in [0.15, 0.2) is 61.3 Å². The number of nitrogens with one attached hydrogen (secondary N) is 2. The number of aryl methyl sites for hydroxylation is 1. The van der Waals surface area contributed by atoms with Crippen LogP contribution in [0.4, 0.5) is 17.3 Å². The Labute approximate surface area is 224 Å². The molecule has 2 aromatic carbocycles. The molecule has 9 heteroatoms. The van der Waals surface area contributed by atoms with E-state index in [9.17, 15) is 4.79 Å². The number of carbonyl (C=O) groups is 1. The predicted molar refractivity (Wildman–Crippen MR) is 155 cm³/mol. The first-order valence-corrected chi connectivity index (χ1v) is 11.9. The predicted octanol–water partition coefficient (Wildman–Crippen LogP) is 5.40. The zero-order chi connectivity index (χ0) is 26.5. The topological polar surface area (TPSA) is 93.5 Å². The molecule has 0 bridgehead atoms. The van der Waals surface area contributed by atoms with Crippen molar-refractivity contribution in [3.8, 4) is 22.8 Å². The SMILES string of the molecule is C.C=CC(=O)Nc1cc(Nc2nccc(-c3c(C)n(C)c4ccccc34)n2)c(OC)cc1OCCN(C)C. The number of benzene rings is 2. The quantitative estimate of drug-likeness (QED) is 0.273. The fourth-order valence-corrected chi connectivity index (χ4v) is 4.09. The Morgan fingerprint density at radius 3 is 2.63 bits per heavy atom. The molecule has 0 atom stereocenters. The number of ether oxygens (including phenoxy) is 2. The molecule has 0 unspecified atom stereocenters. The zero-order valence-corrected chi connectivity index (χ0v) is 21.8. The third-order valence-corrected chi connectivity index (χ3v) is 6.10. The highest BCUT2D eigenvalue weighted by Gasteiger charge is 2.17. The van der Waals surface area contributed by atoms with Gasteiger partial charge in [0, 0.05) is 48.0 Å². The van der Waals surface area contributed by atoms with E-state index in [2.05, 4.69) is 45.8 Å². The first-order chi connectivity index (χ1) is 17.8. The summed E-state index contributed by atoms with van der Waals surface area (Å²) in [4.78, 5) is 23.4. The van der Waals surface area contributed by atoms with E-state index in [0.717, 1.165) is 27.9 Å². The van der Waals surface area contributed by atoms with Gasteiger partial charge in [0.2, 0.25) is 11.9 Å². The van der Waals surface area contributed by atoms with Crippen molar-refractivity contribution in [3.63, 3.8) is 0 Å². The largest absolute Gasteiger partial charge is 0.494 e. The van der Waals surface area contributed by atoms with Crippen LogP contribution in [-0.4, -0.2) is 59.7 Å². The number of para-hydroxylation sites is 1. The van der Waals surface area contributed by atoms with Gasteiger partial charge in [-0.25, -0.2) is 9.97 Å². The lowest BCUT2D eigenvalue weighted by molar-refractivity contribution is -0.111. The van der Waals surface area contributed by atoms with Gasteiger partial charge < -0.3 is 29.6 Å². The second kappa shape index (κ2) is 12.2. The lowest BCUT2D eigenvalue weighted by Gasteiger charge is -2.18. The van der Waals surface area contributed by atoms with Gasteiger partial charge in [0.05, 0.1) is 24.2 Å². The van der Waals surface area contributed by atoms with Gasteiger partial charge in [-0.2, -0.15) is 0 Å². The molecular weight excluding hydrogens is 480 g/mol. The van der Waals surface area contributed by atoms with E-state index in [4.69, 9.17) is 14.5 Å². The Kier molecular flexibility index (Phi) is 9.09. The van der Waals surface area contributed by atoms with Gasteiger partial charge in [0.25, 0.3) is 0 Å². The Morgan fingerprint density at radius 1 is 1.16 bits per heavy atom. The first kappa shape index (κ1) is 28.2. The molecule has 1 amide bonds. The Morgan fingerprint density at radius 2 is 1.92 bits per heavy atom. The minimum atomic E-state index is -0.349. The first-order valence-electron chi connectivity index (χ1n) is 11.9. The minimum absolute atomic E-state index is 0. The molecule has 2 N–H and O–H groups in total. The highest BCUT2D eigenvalue weighted by atomic mass is 16.5. The van der Waals surface area contributed by atoms with Crippen molar-refractivity contribution in [3.05, 3.63) is 67.0 Å². The number of hydrogen-bond acceptors (Lipinski definition) is 7. The molecule has 0 aliphatic heterocycles. The number of aromatic nitrogens is 3. The van der Waals surface area contributed by atoms with Crippen LogP contribution in [0.25, 0.3) is 22.2 Å². The zero-order valence-electron chi connectivity index (χ0n) is 21.8. The smallest absolute Gasteiger partial charge is 0.247 e. The van der Waals surface area contributed by atoms with Crippen molar-refractivity contribution in [1.29, 1.82) is 0 Å². The van der Waals surface area contributed by atoms with E-state index in [1.807, 2.05) is 44.2 Å². The molecular formula is C29H36N6O3. The number of fused-ring (bicyclic) bond motifs is 1. The molecule has 0 saturated heterocycles. The molecule has 0 saturated carbocycles.